The van der Waals surface area contributed by atoms with Gasteiger partial charge in [0, 0.05) is 19.3 Å². The second kappa shape index (κ2) is 5.13. The normalized spacial score (nSPS) is 21.2. The molecule has 0 spiro atoms. The van der Waals surface area contributed by atoms with E-state index in [4.69, 9.17) is 0 Å². The molecule has 0 amide bonds. The molecule has 2 rings (SSSR count). The van der Waals surface area contributed by atoms with Crippen molar-refractivity contribution in [3.8, 4) is 0 Å². The zero-order chi connectivity index (χ0) is 15.1. The van der Waals surface area contributed by atoms with Crippen molar-refractivity contribution in [2.75, 3.05) is 19.3 Å². The van der Waals surface area contributed by atoms with Crippen LogP contribution in [-0.4, -0.2) is 45.7 Å². The Kier molecular flexibility index (Phi) is 3.96. The minimum absolute atomic E-state index is 0.0497. The molecule has 112 valence electrons. The molecule has 1 aromatic rings. The second-order valence-corrected chi connectivity index (χ2v) is 9.61. The van der Waals surface area contributed by atoms with Gasteiger partial charge in [-0.3, -0.25) is 0 Å². The van der Waals surface area contributed by atoms with Gasteiger partial charge in [-0.15, -0.1) is 0 Å². The van der Waals surface area contributed by atoms with E-state index in [1.165, 1.54) is 4.31 Å². The molecule has 20 heavy (non-hydrogen) atoms. The highest BCUT2D eigenvalue weighted by Crippen LogP contribution is 2.25. The molecular formula is C13H19NO4S2. The molecule has 0 unspecified atom stereocenters. The van der Waals surface area contributed by atoms with Crippen molar-refractivity contribution < 1.29 is 16.8 Å². The van der Waals surface area contributed by atoms with Gasteiger partial charge < -0.3 is 0 Å². The second-order valence-electron chi connectivity index (χ2n) is 5.35. The third-order valence-electron chi connectivity index (χ3n) is 3.83. The summed E-state index contributed by atoms with van der Waals surface area (Å²) in [4.78, 5) is 0.231. The van der Waals surface area contributed by atoms with E-state index in [9.17, 15) is 16.8 Å². The Balaban J connectivity index is 2.30. The number of sulfone groups is 1. The van der Waals surface area contributed by atoms with Gasteiger partial charge in [0.1, 0.15) is 0 Å². The smallest absolute Gasteiger partial charge is 0.229 e. The average Bonchev–Trinajstić information content (AvgIpc) is 2.82. The van der Waals surface area contributed by atoms with Crippen LogP contribution in [0.3, 0.4) is 0 Å². The Bertz CT molecular complexity index is 723. The third-order valence-corrected chi connectivity index (χ3v) is 7.29. The van der Waals surface area contributed by atoms with Crippen molar-refractivity contribution in [1.82, 2.24) is 4.31 Å². The molecule has 1 fully saturated rings. The summed E-state index contributed by atoms with van der Waals surface area (Å²) in [7, 11) is -6.80. The van der Waals surface area contributed by atoms with Crippen LogP contribution in [-0.2, 0) is 19.9 Å². The first kappa shape index (κ1) is 15.5. The first-order valence-electron chi connectivity index (χ1n) is 6.38. The molecule has 1 atom stereocenters. The maximum atomic E-state index is 12.5. The summed E-state index contributed by atoms with van der Waals surface area (Å²) in [6.07, 6.45) is 1.52. The number of aryl methyl sites for hydroxylation is 2. The van der Waals surface area contributed by atoms with Gasteiger partial charge in [0.2, 0.25) is 10.0 Å². The molecule has 0 aliphatic carbocycles. The van der Waals surface area contributed by atoms with Crippen molar-refractivity contribution in [2.24, 2.45) is 0 Å². The summed E-state index contributed by atoms with van der Waals surface area (Å²) in [5.74, 6) is 0. The summed E-state index contributed by atoms with van der Waals surface area (Å²) in [5.41, 5.74) is 1.93. The lowest BCUT2D eigenvalue weighted by atomic mass is 10.1. The molecule has 0 aromatic heterocycles. The highest BCUT2D eigenvalue weighted by atomic mass is 32.2. The van der Waals surface area contributed by atoms with Crippen molar-refractivity contribution >= 4 is 19.9 Å². The molecule has 5 nitrogen and oxygen atoms in total. The number of hydrogen-bond acceptors (Lipinski definition) is 4. The molecular weight excluding hydrogens is 298 g/mol. The minimum atomic E-state index is -3.60. The molecule has 1 saturated heterocycles. The molecule has 1 aromatic carbocycles. The fraction of sp³-hybridized carbons (Fsp3) is 0.538. The summed E-state index contributed by atoms with van der Waals surface area (Å²) >= 11 is 0. The molecule has 0 N–H and O–H groups in total. The number of rotatable bonds is 3. The summed E-state index contributed by atoms with van der Waals surface area (Å²) in [5, 5.41) is -0.594. The highest BCUT2D eigenvalue weighted by Gasteiger charge is 2.36. The van der Waals surface area contributed by atoms with Crippen LogP contribution in [0.2, 0.25) is 0 Å². The molecule has 0 radical (unpaired) electrons. The highest BCUT2D eigenvalue weighted by molar-refractivity contribution is 7.91. The lowest BCUT2D eigenvalue weighted by Gasteiger charge is -2.17. The van der Waals surface area contributed by atoms with E-state index in [0.717, 1.165) is 17.4 Å². The van der Waals surface area contributed by atoms with Crippen LogP contribution >= 0.6 is 0 Å². The van der Waals surface area contributed by atoms with Crippen LogP contribution in [0.1, 0.15) is 17.5 Å². The van der Waals surface area contributed by atoms with E-state index in [2.05, 4.69) is 0 Å². The van der Waals surface area contributed by atoms with E-state index in [-0.39, 0.29) is 18.0 Å². The number of hydrogen-bond donors (Lipinski definition) is 0. The number of sulfonamides is 1. The van der Waals surface area contributed by atoms with E-state index >= 15 is 0 Å². The van der Waals surface area contributed by atoms with Gasteiger partial charge in [-0.05, 0) is 43.5 Å². The Morgan fingerprint density at radius 2 is 1.75 bits per heavy atom. The van der Waals surface area contributed by atoms with E-state index < -0.39 is 25.1 Å². The topological polar surface area (TPSA) is 71.5 Å². The van der Waals surface area contributed by atoms with Crippen LogP contribution in [0.4, 0.5) is 0 Å². The van der Waals surface area contributed by atoms with Gasteiger partial charge in [-0.2, -0.15) is 4.31 Å². The zero-order valence-corrected chi connectivity index (χ0v) is 13.5. The first-order valence-corrected chi connectivity index (χ1v) is 9.78. The van der Waals surface area contributed by atoms with Gasteiger partial charge in [-0.1, -0.05) is 6.07 Å². The van der Waals surface area contributed by atoms with Crippen LogP contribution in [0.5, 0.6) is 0 Å². The SMILES string of the molecule is Cc1ccc(S(=O)(=O)N2CC[C@H](S(C)(=O)=O)C2)cc1C. The molecule has 1 aliphatic heterocycles. The Morgan fingerprint density at radius 3 is 2.25 bits per heavy atom. The van der Waals surface area contributed by atoms with Gasteiger partial charge in [0.15, 0.2) is 9.84 Å². The summed E-state index contributed by atoms with van der Waals surface area (Å²) < 4.78 is 49.3. The predicted octanol–water partition coefficient (Wildman–Crippen LogP) is 1.11. The third kappa shape index (κ3) is 2.89. The van der Waals surface area contributed by atoms with Crippen LogP contribution in [0.25, 0.3) is 0 Å². The largest absolute Gasteiger partial charge is 0.243 e. The van der Waals surface area contributed by atoms with Crippen LogP contribution in [0.15, 0.2) is 23.1 Å². The molecule has 0 saturated carbocycles. The summed E-state index contributed by atoms with van der Waals surface area (Å²) in [6, 6.07) is 4.98. The Hall–Kier alpha value is -0.920. The van der Waals surface area contributed by atoms with Gasteiger partial charge >= 0.3 is 0 Å². The molecule has 1 aliphatic rings. The molecule has 0 bridgehead atoms. The van der Waals surface area contributed by atoms with Crippen molar-refractivity contribution in [3.05, 3.63) is 29.3 Å². The van der Waals surface area contributed by atoms with Gasteiger partial charge in [-0.25, -0.2) is 16.8 Å². The number of benzene rings is 1. The van der Waals surface area contributed by atoms with E-state index in [0.29, 0.717) is 6.42 Å². The van der Waals surface area contributed by atoms with Crippen LogP contribution in [0, 0.1) is 13.8 Å². The molecule has 1 heterocycles. The Labute approximate surface area is 120 Å². The van der Waals surface area contributed by atoms with Gasteiger partial charge in [0.05, 0.1) is 10.1 Å². The fourth-order valence-corrected chi connectivity index (χ4v) is 4.95. The number of nitrogens with zero attached hydrogens (tertiary/aromatic N) is 1. The predicted molar refractivity (Wildman–Crippen MR) is 77.9 cm³/mol. The minimum Gasteiger partial charge on any atom is -0.229 e. The van der Waals surface area contributed by atoms with Crippen molar-refractivity contribution in [1.29, 1.82) is 0 Å². The molecule has 7 heteroatoms. The standard InChI is InChI=1S/C13H19NO4S2/c1-10-4-5-12(8-11(10)2)20(17,18)14-7-6-13(9-14)19(3,15)16/h4-5,8,13H,6-7,9H2,1-3H3/t13-/m0/s1. The fourth-order valence-electron chi connectivity index (χ4n) is 2.29. The lowest BCUT2D eigenvalue weighted by molar-refractivity contribution is 0.476. The maximum Gasteiger partial charge on any atom is 0.243 e. The van der Waals surface area contributed by atoms with Gasteiger partial charge in [0.25, 0.3) is 0 Å². The Morgan fingerprint density at radius 1 is 1.10 bits per heavy atom. The van der Waals surface area contributed by atoms with E-state index in [1.807, 2.05) is 13.8 Å². The van der Waals surface area contributed by atoms with Crippen molar-refractivity contribution in [2.45, 2.75) is 30.4 Å². The quantitative estimate of drug-likeness (QED) is 0.837. The zero-order valence-electron chi connectivity index (χ0n) is 11.8. The lowest BCUT2D eigenvalue weighted by Crippen LogP contribution is -2.31. The van der Waals surface area contributed by atoms with E-state index in [1.54, 1.807) is 18.2 Å². The maximum absolute atomic E-state index is 12.5. The van der Waals surface area contributed by atoms with Crippen LogP contribution < -0.4 is 0 Å². The monoisotopic (exact) mass is 317 g/mol. The summed E-state index contributed by atoms with van der Waals surface area (Å²) in [6.45, 7) is 4.08. The first-order chi connectivity index (χ1) is 9.12. The van der Waals surface area contributed by atoms with Crippen molar-refractivity contribution in [3.63, 3.8) is 0 Å². The average molecular weight is 317 g/mol.